The molecule has 11 nitrogen and oxygen atoms in total. The molecule has 14 heteroatoms. The van der Waals surface area contributed by atoms with E-state index in [1.165, 1.54) is 52.4 Å². The third-order valence-corrected chi connectivity index (χ3v) is 12.6. The van der Waals surface area contributed by atoms with Gasteiger partial charge in [0.05, 0.1) is 18.6 Å². The molecule has 1 aromatic carbocycles. The van der Waals surface area contributed by atoms with Crippen LogP contribution < -0.4 is 15.8 Å². The van der Waals surface area contributed by atoms with Gasteiger partial charge in [-0.1, -0.05) is 20.3 Å². The summed E-state index contributed by atoms with van der Waals surface area (Å²) in [6, 6.07) is 6.83. The van der Waals surface area contributed by atoms with Crippen molar-refractivity contribution >= 4 is 37.4 Å². The average molecular weight is 612 g/mol. The number of amides is 1. The maximum atomic E-state index is 15.7. The van der Waals surface area contributed by atoms with Crippen molar-refractivity contribution < 1.29 is 30.8 Å². The van der Waals surface area contributed by atoms with Crippen molar-refractivity contribution in [1.82, 2.24) is 9.29 Å². The molecule has 0 radical (unpaired) electrons. The number of benzene rings is 1. The van der Waals surface area contributed by atoms with Crippen LogP contribution in [-0.4, -0.2) is 68.4 Å². The molecule has 3 rings (SSSR count). The van der Waals surface area contributed by atoms with Crippen molar-refractivity contribution in [3.8, 4) is 5.75 Å². The molecule has 0 saturated carbocycles. The number of sulfone groups is 1. The molecule has 0 aliphatic carbocycles. The van der Waals surface area contributed by atoms with Gasteiger partial charge in [-0.25, -0.2) is 35.5 Å². The van der Waals surface area contributed by atoms with Crippen molar-refractivity contribution in [2.24, 2.45) is 16.6 Å². The normalized spacial score (nSPS) is 23.8. The van der Waals surface area contributed by atoms with E-state index in [0.717, 1.165) is 16.6 Å². The third-order valence-electron chi connectivity index (χ3n) is 8.14. The Morgan fingerprint density at radius 2 is 1.90 bits per heavy atom. The molecule has 1 aliphatic heterocycles. The number of hydrogen-bond donors (Lipinski definition) is 2. The van der Waals surface area contributed by atoms with E-state index < -0.39 is 53.0 Å². The summed E-state index contributed by atoms with van der Waals surface area (Å²) in [6.07, 6.45) is 2.76. The van der Waals surface area contributed by atoms with E-state index in [9.17, 15) is 21.6 Å². The lowest BCUT2D eigenvalue weighted by molar-refractivity contribution is 0.102. The summed E-state index contributed by atoms with van der Waals surface area (Å²) >= 11 is 0. The molecule has 0 spiro atoms. The van der Waals surface area contributed by atoms with Gasteiger partial charge in [0.2, 0.25) is 16.0 Å². The average Bonchev–Trinajstić information content (AvgIpc) is 2.91. The molecule has 4 unspecified atom stereocenters. The molecule has 1 aliphatic rings. The van der Waals surface area contributed by atoms with E-state index in [0.29, 0.717) is 12.2 Å². The van der Waals surface area contributed by atoms with Crippen LogP contribution in [0.1, 0.15) is 63.0 Å². The summed E-state index contributed by atoms with van der Waals surface area (Å²) in [5.41, 5.74) is 4.47. The van der Waals surface area contributed by atoms with Gasteiger partial charge in [-0.3, -0.25) is 4.79 Å². The second kappa shape index (κ2) is 11.6. The van der Waals surface area contributed by atoms with Crippen LogP contribution in [-0.2, 0) is 25.4 Å². The van der Waals surface area contributed by atoms with Crippen molar-refractivity contribution in [3.05, 3.63) is 53.6 Å². The van der Waals surface area contributed by atoms with Gasteiger partial charge in [-0.15, -0.1) is 0 Å². The molecule has 1 amide bonds. The van der Waals surface area contributed by atoms with Crippen LogP contribution in [0.2, 0.25) is 0 Å². The second-order valence-corrected chi connectivity index (χ2v) is 15.4. The molecule has 1 aromatic heterocycles. The summed E-state index contributed by atoms with van der Waals surface area (Å²) in [5, 5.41) is 1.79. The van der Waals surface area contributed by atoms with Crippen molar-refractivity contribution in [2.45, 2.75) is 62.5 Å². The Kier molecular flexibility index (Phi) is 9.09. The fourth-order valence-corrected chi connectivity index (χ4v) is 8.79. The first-order valence-corrected chi connectivity index (χ1v) is 16.5. The monoisotopic (exact) mass is 611 g/mol. The largest absolute Gasteiger partial charge is 0.495 e. The molecule has 226 valence electrons. The van der Waals surface area contributed by atoms with Gasteiger partial charge in [0, 0.05) is 24.6 Å². The highest BCUT2D eigenvalue weighted by Gasteiger charge is 2.63. The zero-order chi connectivity index (χ0) is 31.0. The SMILES string of the molecule is CCCC1(CC(C)C(C)S(C)(=O)=O)C(C)(c2cc(NC(=O)c3ccc(OC)cn3)ccc2F)N=C(N)N(C)S1(=O)=O. The Morgan fingerprint density at radius 1 is 1.24 bits per heavy atom. The molecule has 4 atom stereocenters. The van der Waals surface area contributed by atoms with Gasteiger partial charge in [-0.2, -0.15) is 0 Å². The number of methoxy groups -OCH3 is 1. The number of guanidine groups is 1. The topological polar surface area (TPSA) is 161 Å². The summed E-state index contributed by atoms with van der Waals surface area (Å²) in [7, 11) is -5.08. The maximum absolute atomic E-state index is 15.7. The number of halogens is 1. The predicted octanol–water partition coefficient (Wildman–Crippen LogP) is 3.28. The fraction of sp³-hybridized carbons (Fsp3) is 0.519. The fourth-order valence-electron chi connectivity index (χ4n) is 5.44. The Balaban J connectivity index is 2.21. The quantitative estimate of drug-likeness (QED) is 0.414. The van der Waals surface area contributed by atoms with E-state index in [1.807, 2.05) is 0 Å². The number of anilines is 1. The maximum Gasteiger partial charge on any atom is 0.274 e. The number of carbonyl (C=O) groups excluding carboxylic acids is 1. The molecular weight excluding hydrogens is 573 g/mol. The van der Waals surface area contributed by atoms with Crippen LogP contribution in [0.4, 0.5) is 10.1 Å². The van der Waals surface area contributed by atoms with E-state index in [2.05, 4.69) is 15.3 Å². The number of nitrogens with zero attached hydrogens (tertiary/aromatic N) is 3. The third kappa shape index (κ3) is 5.76. The van der Waals surface area contributed by atoms with Crippen LogP contribution in [0, 0.1) is 11.7 Å². The molecule has 0 fully saturated rings. The lowest BCUT2D eigenvalue weighted by Crippen LogP contribution is -2.65. The molecule has 0 saturated heterocycles. The minimum absolute atomic E-state index is 0.0412. The number of aromatic nitrogens is 1. The minimum Gasteiger partial charge on any atom is -0.495 e. The number of nitrogens with two attached hydrogens (primary N) is 1. The molecular formula is C27H38FN5O6S2. The van der Waals surface area contributed by atoms with Crippen LogP contribution in [0.5, 0.6) is 5.75 Å². The lowest BCUT2D eigenvalue weighted by atomic mass is 9.72. The highest BCUT2D eigenvalue weighted by Crippen LogP contribution is 2.53. The number of ether oxygens (including phenoxy) is 1. The number of aliphatic imine (C=N–C) groups is 1. The highest BCUT2D eigenvalue weighted by atomic mass is 32.2. The van der Waals surface area contributed by atoms with Gasteiger partial charge in [0.15, 0.2) is 0 Å². The van der Waals surface area contributed by atoms with E-state index in [-0.39, 0.29) is 35.7 Å². The van der Waals surface area contributed by atoms with Gasteiger partial charge in [0.25, 0.3) is 5.91 Å². The number of sulfonamides is 1. The number of carbonyl (C=O) groups is 1. The van der Waals surface area contributed by atoms with Gasteiger partial charge in [0.1, 0.15) is 37.4 Å². The van der Waals surface area contributed by atoms with Gasteiger partial charge in [-0.05, 0) is 62.9 Å². The molecule has 2 aromatic rings. The Labute approximate surface area is 241 Å². The van der Waals surface area contributed by atoms with Gasteiger partial charge < -0.3 is 15.8 Å². The highest BCUT2D eigenvalue weighted by molar-refractivity contribution is 7.91. The van der Waals surface area contributed by atoms with Crippen LogP contribution in [0.3, 0.4) is 0 Å². The van der Waals surface area contributed by atoms with E-state index in [4.69, 9.17) is 10.5 Å². The summed E-state index contributed by atoms with van der Waals surface area (Å²) in [6.45, 7) is 6.47. The number of pyridine rings is 1. The Bertz CT molecular complexity index is 1550. The van der Waals surface area contributed by atoms with Crippen LogP contribution >= 0.6 is 0 Å². The van der Waals surface area contributed by atoms with Gasteiger partial charge >= 0.3 is 0 Å². The molecule has 2 heterocycles. The first-order valence-electron chi connectivity index (χ1n) is 13.1. The second-order valence-electron chi connectivity index (χ2n) is 10.7. The van der Waals surface area contributed by atoms with Crippen LogP contribution in [0.15, 0.2) is 41.5 Å². The first-order chi connectivity index (χ1) is 18.9. The Morgan fingerprint density at radius 3 is 2.44 bits per heavy atom. The minimum atomic E-state index is -4.30. The number of rotatable bonds is 10. The standard InChI is InChI=1S/C27H38FN5O6S2/c1-8-13-27(15-17(2)18(3)40(7,35)36)26(4,32-25(29)33(5)41(27,37)38)21-14-19(9-11-22(21)28)31-24(34)23-12-10-20(39-6)16-30-23/h9-12,14,16-18H,8,13,15H2,1-7H3,(H2,29,32)(H,31,34). The van der Waals surface area contributed by atoms with E-state index in [1.54, 1.807) is 19.9 Å². The Hall–Kier alpha value is -3.26. The van der Waals surface area contributed by atoms with Crippen molar-refractivity contribution in [3.63, 3.8) is 0 Å². The number of hydrogen-bond acceptors (Lipinski definition) is 9. The van der Waals surface area contributed by atoms with Crippen molar-refractivity contribution in [1.29, 1.82) is 0 Å². The van der Waals surface area contributed by atoms with E-state index >= 15 is 4.39 Å². The van der Waals surface area contributed by atoms with Crippen LogP contribution in [0.25, 0.3) is 0 Å². The summed E-state index contributed by atoms with van der Waals surface area (Å²) < 4.78 is 73.2. The smallest absolute Gasteiger partial charge is 0.274 e. The molecule has 41 heavy (non-hydrogen) atoms. The van der Waals surface area contributed by atoms with Crippen molar-refractivity contribution in [2.75, 3.05) is 25.7 Å². The predicted molar refractivity (Wildman–Crippen MR) is 157 cm³/mol. The zero-order valence-electron chi connectivity index (χ0n) is 24.3. The molecule has 3 N–H and O–H groups in total. The summed E-state index contributed by atoms with van der Waals surface area (Å²) in [4.78, 5) is 21.5. The molecule has 0 bridgehead atoms. The summed E-state index contributed by atoms with van der Waals surface area (Å²) in [5.74, 6) is -1.84. The lowest BCUT2D eigenvalue weighted by Gasteiger charge is -2.52. The number of nitrogens with one attached hydrogen (secondary N) is 1. The zero-order valence-corrected chi connectivity index (χ0v) is 25.9. The first kappa shape index (κ1) is 32.3.